The Morgan fingerprint density at radius 2 is 1.91 bits per heavy atom. The van der Waals surface area contributed by atoms with Gasteiger partial charge in [0.25, 0.3) is 0 Å². The maximum absolute atomic E-state index is 3.24. The summed E-state index contributed by atoms with van der Waals surface area (Å²) >= 11 is 3.24. The van der Waals surface area contributed by atoms with Gasteiger partial charge in [0.15, 0.2) is 0 Å². The Morgan fingerprint density at radius 3 is 2.45 bits per heavy atom. The highest BCUT2D eigenvalue weighted by Gasteiger charge is 1.85. The monoisotopic (exact) mass is 212 g/mol. The summed E-state index contributed by atoms with van der Waals surface area (Å²) in [6.07, 6.45) is 2.12. The van der Waals surface area contributed by atoms with Crippen LogP contribution in [0.4, 0.5) is 0 Å². The zero-order valence-electron chi connectivity index (χ0n) is 7.08. The van der Waals surface area contributed by atoms with Crippen LogP contribution in [0, 0.1) is 29.6 Å². The molecule has 11 heavy (non-hydrogen) atoms. The van der Waals surface area contributed by atoms with Crippen molar-refractivity contribution in [3.63, 3.8) is 0 Å². The Bertz CT molecular complexity index is 196. The van der Waals surface area contributed by atoms with Crippen LogP contribution in [0.1, 0.15) is 26.7 Å². The molecule has 0 aromatic rings. The van der Waals surface area contributed by atoms with E-state index >= 15 is 0 Å². The molecule has 0 aliphatic rings. The predicted octanol–water partition coefficient (Wildman–Crippen LogP) is 2.82. The minimum Gasteiger partial charge on any atom is -0.102 e. The molecule has 0 saturated carbocycles. The van der Waals surface area contributed by atoms with E-state index in [1.54, 1.807) is 0 Å². The van der Waals surface area contributed by atoms with Crippen molar-refractivity contribution in [1.82, 2.24) is 0 Å². The van der Waals surface area contributed by atoms with Gasteiger partial charge in [0.1, 0.15) is 0 Å². The van der Waals surface area contributed by atoms with Crippen molar-refractivity contribution in [2.45, 2.75) is 26.7 Å². The second kappa shape index (κ2) is 7.70. The van der Waals surface area contributed by atoms with Gasteiger partial charge in [-0.2, -0.15) is 0 Å². The summed E-state index contributed by atoms with van der Waals surface area (Å²) in [5, 5.41) is 0.743. The summed E-state index contributed by atoms with van der Waals surface area (Å²) in [7, 11) is 0. The summed E-state index contributed by atoms with van der Waals surface area (Å²) in [6.45, 7) is 4.15. The molecule has 0 radical (unpaired) electrons. The fraction of sp³-hybridized carbons (Fsp3) is 0.600. The molecule has 0 aliphatic carbocycles. The Morgan fingerprint density at radius 1 is 1.27 bits per heavy atom. The normalized spacial score (nSPS) is 10.5. The minimum absolute atomic E-state index is 0.221. The summed E-state index contributed by atoms with van der Waals surface area (Å²) in [5.41, 5.74) is 0. The molecule has 0 rings (SSSR count). The van der Waals surface area contributed by atoms with Gasteiger partial charge in [0.2, 0.25) is 0 Å². The zero-order chi connectivity index (χ0) is 8.53. The van der Waals surface area contributed by atoms with Gasteiger partial charge in [0, 0.05) is 6.42 Å². The second-order valence-corrected chi connectivity index (χ2v) is 2.81. The fourth-order valence-corrected chi connectivity index (χ4v) is 0.740. The molecule has 1 atom stereocenters. The molecule has 0 spiro atoms. The van der Waals surface area contributed by atoms with E-state index < -0.39 is 0 Å². The molecule has 0 aliphatic heterocycles. The molecule has 0 fully saturated rings. The van der Waals surface area contributed by atoms with Crippen molar-refractivity contribution in [3.8, 4) is 23.7 Å². The van der Waals surface area contributed by atoms with Gasteiger partial charge in [-0.1, -0.05) is 40.6 Å². The fourth-order valence-electron chi connectivity index (χ4n) is 0.578. The van der Waals surface area contributed by atoms with E-state index in [1.165, 1.54) is 0 Å². The number of halogens is 1. The Balaban J connectivity index is 3.69. The molecular weight excluding hydrogens is 200 g/mol. The summed E-state index contributed by atoms with van der Waals surface area (Å²) in [4.78, 5) is 0. The Hall–Kier alpha value is -0.400. The van der Waals surface area contributed by atoms with Gasteiger partial charge in [-0.3, -0.25) is 0 Å². The highest BCUT2D eigenvalue weighted by Crippen LogP contribution is 1.90. The van der Waals surface area contributed by atoms with Crippen molar-refractivity contribution >= 4 is 15.9 Å². The predicted molar refractivity (Wildman–Crippen MR) is 53.4 cm³/mol. The highest BCUT2D eigenvalue weighted by molar-refractivity contribution is 9.09. The summed E-state index contributed by atoms with van der Waals surface area (Å²) in [6, 6.07) is 0. The lowest BCUT2D eigenvalue weighted by Gasteiger charge is -1.87. The SMILES string of the molecule is CCCC#CC(C)C#CCBr. The van der Waals surface area contributed by atoms with Crippen molar-refractivity contribution in [3.05, 3.63) is 0 Å². The van der Waals surface area contributed by atoms with Gasteiger partial charge < -0.3 is 0 Å². The van der Waals surface area contributed by atoms with Crippen molar-refractivity contribution in [2.24, 2.45) is 5.92 Å². The zero-order valence-corrected chi connectivity index (χ0v) is 8.66. The van der Waals surface area contributed by atoms with E-state index in [9.17, 15) is 0 Å². The molecule has 1 heteroatoms. The van der Waals surface area contributed by atoms with Crippen LogP contribution in [-0.2, 0) is 0 Å². The van der Waals surface area contributed by atoms with Gasteiger partial charge in [-0.15, -0.1) is 5.92 Å². The first kappa shape index (κ1) is 10.6. The first-order valence-electron chi connectivity index (χ1n) is 3.84. The highest BCUT2D eigenvalue weighted by atomic mass is 79.9. The van der Waals surface area contributed by atoms with Crippen LogP contribution in [0.25, 0.3) is 0 Å². The molecule has 0 N–H and O–H groups in total. The lowest BCUT2D eigenvalue weighted by molar-refractivity contribution is 0.968. The minimum atomic E-state index is 0.221. The number of unbranched alkanes of at least 4 members (excludes halogenated alkanes) is 1. The molecule has 0 aromatic carbocycles. The van der Waals surface area contributed by atoms with E-state index in [0.29, 0.717) is 0 Å². The van der Waals surface area contributed by atoms with Crippen LogP contribution in [-0.4, -0.2) is 5.33 Å². The molecule has 0 nitrogen and oxygen atoms in total. The first-order valence-corrected chi connectivity index (χ1v) is 4.96. The Labute approximate surface area is 77.9 Å². The van der Waals surface area contributed by atoms with Crippen LogP contribution in [0.2, 0.25) is 0 Å². The largest absolute Gasteiger partial charge is 0.102 e. The average molecular weight is 213 g/mol. The van der Waals surface area contributed by atoms with Gasteiger partial charge in [-0.25, -0.2) is 0 Å². The van der Waals surface area contributed by atoms with Gasteiger partial charge in [-0.05, 0) is 13.3 Å². The van der Waals surface area contributed by atoms with Gasteiger partial charge >= 0.3 is 0 Å². The maximum atomic E-state index is 3.24. The number of hydrogen-bond acceptors (Lipinski definition) is 0. The lowest BCUT2D eigenvalue weighted by atomic mass is 10.2. The van der Waals surface area contributed by atoms with Crippen molar-refractivity contribution < 1.29 is 0 Å². The quantitative estimate of drug-likeness (QED) is 0.464. The molecule has 0 aromatic heterocycles. The molecule has 0 saturated heterocycles. The summed E-state index contributed by atoms with van der Waals surface area (Å²) in [5.74, 6) is 12.3. The van der Waals surface area contributed by atoms with E-state index in [4.69, 9.17) is 0 Å². The van der Waals surface area contributed by atoms with E-state index in [-0.39, 0.29) is 5.92 Å². The smallest absolute Gasteiger partial charge is 0.0783 e. The molecular formula is C10H13Br. The van der Waals surface area contributed by atoms with E-state index in [1.807, 2.05) is 6.92 Å². The third-order valence-corrected chi connectivity index (χ3v) is 1.36. The molecule has 1 unspecified atom stereocenters. The van der Waals surface area contributed by atoms with Crippen molar-refractivity contribution in [1.29, 1.82) is 0 Å². The molecule has 60 valence electrons. The molecule has 0 heterocycles. The van der Waals surface area contributed by atoms with E-state index in [0.717, 1.165) is 18.2 Å². The average Bonchev–Trinajstić information content (AvgIpc) is 2.01. The van der Waals surface area contributed by atoms with Crippen LogP contribution in [0.5, 0.6) is 0 Å². The van der Waals surface area contributed by atoms with E-state index in [2.05, 4.69) is 46.5 Å². The van der Waals surface area contributed by atoms with Crippen LogP contribution in [0.3, 0.4) is 0 Å². The van der Waals surface area contributed by atoms with Crippen LogP contribution in [0.15, 0.2) is 0 Å². The van der Waals surface area contributed by atoms with Crippen LogP contribution < -0.4 is 0 Å². The Kier molecular flexibility index (Phi) is 7.42. The standard InChI is InChI=1S/C10H13Br/c1-3-4-5-7-10(2)8-6-9-11/h10H,3-4,9H2,1-2H3. The van der Waals surface area contributed by atoms with Gasteiger partial charge in [0.05, 0.1) is 11.2 Å². The van der Waals surface area contributed by atoms with Crippen LogP contribution >= 0.6 is 15.9 Å². The summed E-state index contributed by atoms with van der Waals surface area (Å²) < 4.78 is 0. The third kappa shape index (κ3) is 7.50. The molecule has 0 bridgehead atoms. The molecule has 0 amide bonds. The third-order valence-electron chi connectivity index (χ3n) is 1.08. The first-order chi connectivity index (χ1) is 5.31. The number of hydrogen-bond donors (Lipinski definition) is 0. The second-order valence-electron chi connectivity index (χ2n) is 2.25. The number of rotatable bonds is 1. The van der Waals surface area contributed by atoms with Crippen molar-refractivity contribution in [2.75, 3.05) is 5.33 Å². The topological polar surface area (TPSA) is 0 Å². The lowest BCUT2D eigenvalue weighted by Crippen LogP contribution is -1.83. The maximum Gasteiger partial charge on any atom is 0.0783 e. The number of alkyl halides is 1.